The predicted octanol–water partition coefficient (Wildman–Crippen LogP) is 4.66. The lowest BCUT2D eigenvalue weighted by molar-refractivity contribution is -0.119. The van der Waals surface area contributed by atoms with Gasteiger partial charge in [0.2, 0.25) is 0 Å². The highest BCUT2D eigenvalue weighted by Crippen LogP contribution is 2.65. The number of carbonyl (C=O) groups is 1. The van der Waals surface area contributed by atoms with Gasteiger partial charge in [-0.2, -0.15) is 0 Å². The van der Waals surface area contributed by atoms with Crippen molar-refractivity contribution in [2.24, 2.45) is 28.6 Å². The molecule has 0 aromatic carbocycles. The minimum Gasteiger partial charge on any atom is -0.393 e. The van der Waals surface area contributed by atoms with Crippen molar-refractivity contribution in [2.45, 2.75) is 84.7 Å². The van der Waals surface area contributed by atoms with Crippen molar-refractivity contribution in [1.29, 1.82) is 0 Å². The normalized spacial score (nSPS) is 49.7. The van der Waals surface area contributed by atoms with E-state index in [4.69, 9.17) is 0 Å². The molecule has 3 saturated carbocycles. The van der Waals surface area contributed by atoms with Crippen molar-refractivity contribution in [2.75, 3.05) is 0 Å². The molecule has 2 nitrogen and oxygen atoms in total. The molecule has 3 fully saturated rings. The molecule has 4 aliphatic carbocycles. The standard InChI is InChI=1S/C21H32O2/c1-4-13-15-6-5-14-16-7-8-19(23)21(16,3)11-9-17(14)20(15,2)12-10-18(13)22/h14,16-17,19,23H,4-12H2,1-3H3/t14-,16-,17-,19-,20-,21-/m0/s1. The van der Waals surface area contributed by atoms with Gasteiger partial charge in [-0.15, -0.1) is 0 Å². The molecule has 0 aliphatic heterocycles. The molecule has 6 atom stereocenters. The molecule has 0 amide bonds. The van der Waals surface area contributed by atoms with Crippen molar-refractivity contribution in [3.8, 4) is 0 Å². The van der Waals surface area contributed by atoms with Crippen molar-refractivity contribution in [3.63, 3.8) is 0 Å². The highest BCUT2D eigenvalue weighted by molar-refractivity contribution is 5.97. The third-order valence-electron chi connectivity index (χ3n) is 8.55. The summed E-state index contributed by atoms with van der Waals surface area (Å²) in [4.78, 5) is 12.4. The average Bonchev–Trinajstić information content (AvgIpc) is 2.83. The van der Waals surface area contributed by atoms with Gasteiger partial charge in [-0.05, 0) is 85.5 Å². The number of ketones is 1. The van der Waals surface area contributed by atoms with Crippen LogP contribution in [-0.2, 0) is 4.79 Å². The van der Waals surface area contributed by atoms with Crippen LogP contribution in [-0.4, -0.2) is 17.0 Å². The van der Waals surface area contributed by atoms with E-state index in [1.54, 1.807) is 0 Å². The first-order chi connectivity index (χ1) is 10.9. The molecule has 0 unspecified atom stereocenters. The van der Waals surface area contributed by atoms with Gasteiger partial charge in [0.05, 0.1) is 6.10 Å². The van der Waals surface area contributed by atoms with E-state index in [9.17, 15) is 9.90 Å². The van der Waals surface area contributed by atoms with Crippen LogP contribution in [0.3, 0.4) is 0 Å². The van der Waals surface area contributed by atoms with Gasteiger partial charge in [0.1, 0.15) is 0 Å². The molecule has 0 bridgehead atoms. The summed E-state index contributed by atoms with van der Waals surface area (Å²) in [6, 6.07) is 0. The van der Waals surface area contributed by atoms with E-state index in [1.165, 1.54) is 36.8 Å². The van der Waals surface area contributed by atoms with Gasteiger partial charge in [-0.1, -0.05) is 26.3 Å². The maximum absolute atomic E-state index is 12.4. The Labute approximate surface area is 140 Å². The van der Waals surface area contributed by atoms with Gasteiger partial charge in [0.25, 0.3) is 0 Å². The van der Waals surface area contributed by atoms with Gasteiger partial charge in [-0.25, -0.2) is 0 Å². The summed E-state index contributed by atoms with van der Waals surface area (Å²) in [7, 11) is 0. The molecule has 0 spiro atoms. The zero-order valence-electron chi connectivity index (χ0n) is 15.0. The quantitative estimate of drug-likeness (QED) is 0.764. The zero-order chi connectivity index (χ0) is 16.4. The number of aliphatic hydroxyl groups is 1. The van der Waals surface area contributed by atoms with Crippen LogP contribution in [0.5, 0.6) is 0 Å². The molecular formula is C21H32O2. The van der Waals surface area contributed by atoms with Crippen molar-refractivity contribution in [1.82, 2.24) is 0 Å². The Balaban J connectivity index is 1.72. The van der Waals surface area contributed by atoms with E-state index in [-0.39, 0.29) is 16.9 Å². The fourth-order valence-electron chi connectivity index (χ4n) is 7.21. The lowest BCUT2D eigenvalue weighted by Gasteiger charge is -2.58. The average molecular weight is 316 g/mol. The third-order valence-corrected chi connectivity index (χ3v) is 8.55. The monoisotopic (exact) mass is 316 g/mol. The number of hydrogen-bond acceptors (Lipinski definition) is 2. The van der Waals surface area contributed by atoms with Crippen LogP contribution in [0, 0.1) is 28.6 Å². The highest BCUT2D eigenvalue weighted by atomic mass is 16.3. The number of hydrogen-bond donors (Lipinski definition) is 1. The second-order valence-electron chi connectivity index (χ2n) is 9.20. The number of allylic oxidation sites excluding steroid dienone is 1. The molecule has 4 rings (SSSR count). The second-order valence-corrected chi connectivity index (χ2v) is 9.20. The first-order valence-electron chi connectivity index (χ1n) is 9.85. The molecule has 1 N–H and O–H groups in total. The molecule has 0 radical (unpaired) electrons. The molecule has 128 valence electrons. The maximum atomic E-state index is 12.4. The molecule has 23 heavy (non-hydrogen) atoms. The Morgan fingerprint density at radius 2 is 1.83 bits per heavy atom. The molecule has 0 heterocycles. The van der Waals surface area contributed by atoms with Gasteiger partial charge in [0, 0.05) is 6.42 Å². The summed E-state index contributed by atoms with van der Waals surface area (Å²) in [6.45, 7) is 6.97. The minimum atomic E-state index is -0.0858. The zero-order valence-corrected chi connectivity index (χ0v) is 15.0. The van der Waals surface area contributed by atoms with Crippen molar-refractivity contribution in [3.05, 3.63) is 11.1 Å². The third kappa shape index (κ3) is 2.00. The fourth-order valence-corrected chi connectivity index (χ4v) is 7.21. The van der Waals surface area contributed by atoms with Gasteiger partial charge >= 0.3 is 0 Å². The largest absolute Gasteiger partial charge is 0.393 e. The van der Waals surface area contributed by atoms with Gasteiger partial charge in [0.15, 0.2) is 5.78 Å². The van der Waals surface area contributed by atoms with Crippen molar-refractivity contribution >= 4 is 5.78 Å². The van der Waals surface area contributed by atoms with E-state index in [0.29, 0.717) is 11.7 Å². The Morgan fingerprint density at radius 3 is 2.57 bits per heavy atom. The Kier molecular flexibility index (Phi) is 3.58. The van der Waals surface area contributed by atoms with E-state index >= 15 is 0 Å². The topological polar surface area (TPSA) is 37.3 Å². The molecule has 4 aliphatic rings. The number of aliphatic hydroxyl groups excluding tert-OH is 1. The van der Waals surface area contributed by atoms with E-state index < -0.39 is 0 Å². The molecule has 2 heteroatoms. The molecule has 0 saturated heterocycles. The van der Waals surface area contributed by atoms with E-state index in [2.05, 4.69) is 20.8 Å². The minimum absolute atomic E-state index is 0.0858. The van der Waals surface area contributed by atoms with Crippen LogP contribution >= 0.6 is 0 Å². The smallest absolute Gasteiger partial charge is 0.158 e. The molecule has 0 aromatic rings. The van der Waals surface area contributed by atoms with Crippen LogP contribution in [0.4, 0.5) is 0 Å². The second kappa shape index (κ2) is 5.18. The Hall–Kier alpha value is -0.630. The lowest BCUT2D eigenvalue weighted by atomic mass is 9.46. The van der Waals surface area contributed by atoms with Crippen LogP contribution in [0.2, 0.25) is 0 Å². The first kappa shape index (κ1) is 15.9. The van der Waals surface area contributed by atoms with Crippen LogP contribution in [0.25, 0.3) is 0 Å². The number of fused-ring (bicyclic) bond motifs is 5. The summed E-state index contributed by atoms with van der Waals surface area (Å²) in [5.41, 5.74) is 3.13. The Bertz CT molecular complexity index is 562. The lowest BCUT2D eigenvalue weighted by Crippen LogP contribution is -2.51. The van der Waals surface area contributed by atoms with Gasteiger partial charge < -0.3 is 5.11 Å². The van der Waals surface area contributed by atoms with E-state index in [1.807, 2.05) is 0 Å². The SMILES string of the molecule is CCC1=C2CC[C@H]3[C@@H]4CC[C@H](O)[C@@]4(C)CC[C@@H]3[C@@]2(C)CCC1=O. The maximum Gasteiger partial charge on any atom is 0.158 e. The highest BCUT2D eigenvalue weighted by Gasteiger charge is 2.59. The first-order valence-corrected chi connectivity index (χ1v) is 9.85. The number of Topliss-reactive ketones (excluding diaryl/α,β-unsaturated/α-hetero) is 1. The van der Waals surface area contributed by atoms with Gasteiger partial charge in [-0.3, -0.25) is 4.79 Å². The Morgan fingerprint density at radius 1 is 1.04 bits per heavy atom. The number of rotatable bonds is 1. The fraction of sp³-hybridized carbons (Fsp3) is 0.857. The van der Waals surface area contributed by atoms with Crippen LogP contribution in [0.15, 0.2) is 11.1 Å². The number of carbonyl (C=O) groups excluding carboxylic acids is 1. The molecule has 0 aromatic heterocycles. The van der Waals surface area contributed by atoms with Crippen LogP contribution < -0.4 is 0 Å². The summed E-state index contributed by atoms with van der Waals surface area (Å²) in [5.74, 6) is 2.64. The summed E-state index contributed by atoms with van der Waals surface area (Å²) < 4.78 is 0. The summed E-state index contributed by atoms with van der Waals surface area (Å²) in [5, 5.41) is 10.5. The summed E-state index contributed by atoms with van der Waals surface area (Å²) in [6.07, 6.45) is 9.69. The summed E-state index contributed by atoms with van der Waals surface area (Å²) >= 11 is 0. The predicted molar refractivity (Wildman–Crippen MR) is 92.0 cm³/mol. The van der Waals surface area contributed by atoms with E-state index in [0.717, 1.165) is 43.9 Å². The van der Waals surface area contributed by atoms with Crippen molar-refractivity contribution < 1.29 is 9.90 Å². The van der Waals surface area contributed by atoms with Crippen LogP contribution in [0.1, 0.15) is 78.6 Å². The molecular weight excluding hydrogens is 284 g/mol.